The van der Waals surface area contributed by atoms with E-state index in [2.05, 4.69) is 5.32 Å². The highest BCUT2D eigenvalue weighted by molar-refractivity contribution is 5.96. The van der Waals surface area contributed by atoms with E-state index in [4.69, 9.17) is 10.1 Å². The lowest BCUT2D eigenvalue weighted by atomic mass is 9.91. The molecule has 1 amide bonds. The van der Waals surface area contributed by atoms with Crippen molar-refractivity contribution >= 4 is 17.6 Å². The van der Waals surface area contributed by atoms with E-state index in [-0.39, 0.29) is 11.9 Å². The number of methoxy groups -OCH3 is 1. The van der Waals surface area contributed by atoms with Gasteiger partial charge in [0, 0.05) is 17.3 Å². The average Bonchev–Trinajstić information content (AvgIpc) is 2.82. The van der Waals surface area contributed by atoms with Crippen LogP contribution in [-0.4, -0.2) is 30.7 Å². The number of ether oxygens (including phenoxy) is 1. The molecule has 3 aromatic carbocycles. The first-order valence-electron chi connectivity index (χ1n) is 10.6. The summed E-state index contributed by atoms with van der Waals surface area (Å²) in [6, 6.07) is 24.5. The van der Waals surface area contributed by atoms with E-state index in [1.54, 1.807) is 19.1 Å². The Morgan fingerprint density at radius 2 is 1.56 bits per heavy atom. The summed E-state index contributed by atoms with van der Waals surface area (Å²) in [4.78, 5) is 25.3. The molecule has 0 spiro atoms. The SMILES string of the molecule is COC(=O)[C@H](Cc1cccc(C(C)=N)c1)C(C)NC(=O)c1ccc(-c2ccccc2)cc1. The van der Waals surface area contributed by atoms with Crippen molar-refractivity contribution in [2.24, 2.45) is 5.92 Å². The summed E-state index contributed by atoms with van der Waals surface area (Å²) >= 11 is 0. The molecule has 2 N–H and O–H groups in total. The highest BCUT2D eigenvalue weighted by Crippen LogP contribution is 2.20. The molecule has 0 aromatic heterocycles. The van der Waals surface area contributed by atoms with Crippen LogP contribution in [0.25, 0.3) is 11.1 Å². The van der Waals surface area contributed by atoms with Gasteiger partial charge in [-0.05, 0) is 60.7 Å². The first-order chi connectivity index (χ1) is 15.4. The minimum Gasteiger partial charge on any atom is -0.469 e. The zero-order valence-corrected chi connectivity index (χ0v) is 18.6. The molecular formula is C27H28N2O3. The van der Waals surface area contributed by atoms with Crippen molar-refractivity contribution in [1.82, 2.24) is 5.32 Å². The molecule has 32 heavy (non-hydrogen) atoms. The molecule has 0 heterocycles. The highest BCUT2D eigenvalue weighted by atomic mass is 16.5. The van der Waals surface area contributed by atoms with Crippen molar-refractivity contribution in [3.05, 3.63) is 95.6 Å². The zero-order valence-electron chi connectivity index (χ0n) is 18.6. The van der Waals surface area contributed by atoms with Crippen molar-refractivity contribution in [2.75, 3.05) is 7.11 Å². The Labute approximate surface area is 189 Å². The second-order valence-electron chi connectivity index (χ2n) is 7.86. The number of carbonyl (C=O) groups is 2. The summed E-state index contributed by atoms with van der Waals surface area (Å²) in [6.45, 7) is 3.53. The summed E-state index contributed by atoms with van der Waals surface area (Å²) in [5.74, 6) is -1.17. The highest BCUT2D eigenvalue weighted by Gasteiger charge is 2.28. The lowest BCUT2D eigenvalue weighted by Gasteiger charge is -2.23. The molecule has 0 fully saturated rings. The number of rotatable bonds is 8. The molecule has 5 nitrogen and oxygen atoms in total. The Morgan fingerprint density at radius 3 is 2.19 bits per heavy atom. The largest absolute Gasteiger partial charge is 0.469 e. The maximum Gasteiger partial charge on any atom is 0.311 e. The molecule has 0 saturated carbocycles. The van der Waals surface area contributed by atoms with Gasteiger partial charge in [-0.1, -0.05) is 60.7 Å². The fourth-order valence-electron chi connectivity index (χ4n) is 3.64. The number of amides is 1. The van der Waals surface area contributed by atoms with Crippen LogP contribution < -0.4 is 5.32 Å². The Kier molecular flexibility index (Phi) is 7.55. The van der Waals surface area contributed by atoms with Crippen molar-refractivity contribution in [3.63, 3.8) is 0 Å². The van der Waals surface area contributed by atoms with Crippen LogP contribution in [-0.2, 0) is 16.0 Å². The molecule has 0 saturated heterocycles. The predicted octanol–water partition coefficient (Wildman–Crippen LogP) is 4.89. The van der Waals surface area contributed by atoms with Gasteiger partial charge >= 0.3 is 5.97 Å². The van der Waals surface area contributed by atoms with Crippen LogP contribution in [0.15, 0.2) is 78.9 Å². The monoisotopic (exact) mass is 428 g/mol. The summed E-state index contributed by atoms with van der Waals surface area (Å²) in [5.41, 5.74) is 4.83. The van der Waals surface area contributed by atoms with Crippen molar-refractivity contribution in [2.45, 2.75) is 26.3 Å². The standard InChI is InChI=1S/C27H28N2O3/c1-18(28)24-11-7-8-20(16-24)17-25(27(31)32-3)19(2)29-26(30)23-14-12-22(13-15-23)21-9-5-4-6-10-21/h4-16,19,25,28H,17H2,1-3H3,(H,29,30)/t19?,25-/m1/s1. The summed E-state index contributed by atoms with van der Waals surface area (Å²) in [7, 11) is 1.35. The van der Waals surface area contributed by atoms with Gasteiger partial charge < -0.3 is 15.5 Å². The van der Waals surface area contributed by atoms with Crippen LogP contribution in [0.1, 0.15) is 35.3 Å². The lowest BCUT2D eigenvalue weighted by Crippen LogP contribution is -2.42. The predicted molar refractivity (Wildman–Crippen MR) is 127 cm³/mol. The Bertz CT molecular complexity index is 1090. The van der Waals surface area contributed by atoms with Crippen LogP contribution >= 0.6 is 0 Å². The first kappa shape index (κ1) is 22.9. The third-order valence-electron chi connectivity index (χ3n) is 5.54. The van der Waals surface area contributed by atoms with Gasteiger partial charge in [0.1, 0.15) is 0 Å². The lowest BCUT2D eigenvalue weighted by molar-refractivity contribution is -0.146. The number of carbonyl (C=O) groups excluding carboxylic acids is 2. The van der Waals surface area contributed by atoms with E-state index in [0.29, 0.717) is 17.7 Å². The summed E-state index contributed by atoms with van der Waals surface area (Å²) in [6.07, 6.45) is 0.405. The van der Waals surface area contributed by atoms with Gasteiger partial charge in [-0.25, -0.2) is 0 Å². The molecule has 0 aliphatic carbocycles. The Balaban J connectivity index is 1.72. The normalized spacial score (nSPS) is 12.5. The van der Waals surface area contributed by atoms with Crippen molar-refractivity contribution < 1.29 is 14.3 Å². The van der Waals surface area contributed by atoms with Gasteiger partial charge in [0.15, 0.2) is 0 Å². The van der Waals surface area contributed by atoms with Gasteiger partial charge in [-0.3, -0.25) is 9.59 Å². The first-order valence-corrected chi connectivity index (χ1v) is 10.6. The molecular weight excluding hydrogens is 400 g/mol. The topological polar surface area (TPSA) is 79.2 Å². The number of hydrogen-bond acceptors (Lipinski definition) is 4. The second kappa shape index (κ2) is 10.5. The van der Waals surface area contributed by atoms with Crippen LogP contribution in [0.2, 0.25) is 0 Å². The number of nitrogens with one attached hydrogen (secondary N) is 2. The summed E-state index contributed by atoms with van der Waals surface area (Å²) < 4.78 is 5.00. The minimum atomic E-state index is -0.547. The molecule has 3 rings (SSSR count). The average molecular weight is 429 g/mol. The van der Waals surface area contributed by atoms with Gasteiger partial charge in [-0.15, -0.1) is 0 Å². The Morgan fingerprint density at radius 1 is 0.906 bits per heavy atom. The molecule has 2 atom stereocenters. The van der Waals surface area contributed by atoms with E-state index < -0.39 is 12.0 Å². The fourth-order valence-corrected chi connectivity index (χ4v) is 3.64. The quantitative estimate of drug-likeness (QED) is 0.396. The molecule has 0 radical (unpaired) electrons. The molecule has 0 bridgehead atoms. The molecule has 164 valence electrons. The number of esters is 1. The maximum absolute atomic E-state index is 12.8. The minimum absolute atomic E-state index is 0.241. The molecule has 5 heteroatoms. The third kappa shape index (κ3) is 5.70. The molecule has 1 unspecified atom stereocenters. The van der Waals surface area contributed by atoms with Crippen molar-refractivity contribution in [1.29, 1.82) is 5.41 Å². The molecule has 3 aromatic rings. The number of benzene rings is 3. The van der Waals surface area contributed by atoms with Gasteiger partial charge in [-0.2, -0.15) is 0 Å². The van der Waals surface area contributed by atoms with Gasteiger partial charge in [0.2, 0.25) is 0 Å². The van der Waals surface area contributed by atoms with E-state index in [1.165, 1.54) is 7.11 Å². The zero-order chi connectivity index (χ0) is 23.1. The van der Waals surface area contributed by atoms with Crippen LogP contribution in [0.3, 0.4) is 0 Å². The van der Waals surface area contributed by atoms with Gasteiger partial charge in [0.25, 0.3) is 5.91 Å². The molecule has 0 aliphatic rings. The van der Waals surface area contributed by atoms with E-state index in [1.807, 2.05) is 73.7 Å². The van der Waals surface area contributed by atoms with Crippen molar-refractivity contribution in [3.8, 4) is 11.1 Å². The smallest absolute Gasteiger partial charge is 0.311 e. The summed E-state index contributed by atoms with van der Waals surface area (Å²) in [5, 5.41) is 10.8. The molecule has 0 aliphatic heterocycles. The van der Waals surface area contributed by atoms with Gasteiger partial charge in [0.05, 0.1) is 13.0 Å². The van der Waals surface area contributed by atoms with Crippen LogP contribution in [0.5, 0.6) is 0 Å². The van der Waals surface area contributed by atoms with E-state index >= 15 is 0 Å². The second-order valence-corrected chi connectivity index (χ2v) is 7.86. The maximum atomic E-state index is 12.8. The van der Waals surface area contributed by atoms with Crippen LogP contribution in [0, 0.1) is 11.3 Å². The van der Waals surface area contributed by atoms with Crippen LogP contribution in [0.4, 0.5) is 0 Å². The third-order valence-corrected chi connectivity index (χ3v) is 5.54. The van der Waals surface area contributed by atoms with E-state index in [9.17, 15) is 9.59 Å². The fraction of sp³-hybridized carbons (Fsp3) is 0.222. The Hall–Kier alpha value is -3.73. The number of hydrogen-bond donors (Lipinski definition) is 2. The van der Waals surface area contributed by atoms with E-state index in [0.717, 1.165) is 22.3 Å².